The Morgan fingerprint density at radius 3 is 2.89 bits per heavy atom. The molecule has 18 heavy (non-hydrogen) atoms. The van der Waals surface area contributed by atoms with E-state index < -0.39 is 0 Å². The maximum Gasteiger partial charge on any atom is 0.136 e. The summed E-state index contributed by atoms with van der Waals surface area (Å²) in [4.78, 5) is 0. The largest absolute Gasteiger partial charge is 0.495 e. The van der Waals surface area contributed by atoms with Crippen LogP contribution in [0.15, 0.2) is 10.5 Å². The molecule has 0 radical (unpaired) electrons. The molecule has 100 valence electrons. The van der Waals surface area contributed by atoms with E-state index in [1.807, 2.05) is 6.92 Å². The summed E-state index contributed by atoms with van der Waals surface area (Å²) in [6.45, 7) is 2.88. The Labute approximate surface area is 116 Å². The molecule has 1 heterocycles. The number of piperidine rings is 1. The van der Waals surface area contributed by atoms with Gasteiger partial charge in [0.15, 0.2) is 0 Å². The number of methoxy groups -OCH3 is 1. The fraction of sp³-hybridized carbons (Fsp3) is 0.571. The Hall–Kier alpha value is -0.610. The van der Waals surface area contributed by atoms with Crippen molar-refractivity contribution in [1.29, 1.82) is 0 Å². The van der Waals surface area contributed by atoms with Gasteiger partial charge in [0.05, 0.1) is 11.6 Å². The molecule has 1 aliphatic rings. The Morgan fingerprint density at radius 2 is 2.28 bits per heavy atom. The standard InChI is InChI=1S/C14H19BrFNO/c1-9-11(7-10-5-3-4-6-17-10)14(18-2)12(15)8-13(9)16/h8,10,17H,3-7H2,1-2H3. The molecular weight excluding hydrogens is 297 g/mol. The first-order valence-corrected chi connectivity index (χ1v) is 7.17. The average molecular weight is 316 g/mol. The van der Waals surface area contributed by atoms with E-state index in [4.69, 9.17) is 4.74 Å². The van der Waals surface area contributed by atoms with E-state index in [1.165, 1.54) is 18.9 Å². The van der Waals surface area contributed by atoms with Crippen LogP contribution >= 0.6 is 15.9 Å². The van der Waals surface area contributed by atoms with Crippen LogP contribution < -0.4 is 10.1 Å². The van der Waals surface area contributed by atoms with Crippen LogP contribution in [0.4, 0.5) is 4.39 Å². The molecular formula is C14H19BrFNO. The predicted molar refractivity (Wildman–Crippen MR) is 74.7 cm³/mol. The van der Waals surface area contributed by atoms with Crippen LogP contribution in [0.25, 0.3) is 0 Å². The van der Waals surface area contributed by atoms with E-state index in [0.29, 0.717) is 16.1 Å². The van der Waals surface area contributed by atoms with Crippen molar-refractivity contribution < 1.29 is 9.13 Å². The van der Waals surface area contributed by atoms with Crippen molar-refractivity contribution in [2.75, 3.05) is 13.7 Å². The van der Waals surface area contributed by atoms with Gasteiger partial charge in [0.25, 0.3) is 0 Å². The maximum atomic E-state index is 13.8. The third-order valence-electron chi connectivity index (χ3n) is 3.62. The first kappa shape index (κ1) is 13.8. The summed E-state index contributed by atoms with van der Waals surface area (Å²) in [5.74, 6) is 0.592. The molecule has 1 aromatic carbocycles. The van der Waals surface area contributed by atoms with E-state index >= 15 is 0 Å². The molecule has 1 atom stereocenters. The van der Waals surface area contributed by atoms with Gasteiger partial charge >= 0.3 is 0 Å². The number of ether oxygens (including phenoxy) is 1. The van der Waals surface area contributed by atoms with Crippen LogP contribution in [0, 0.1) is 12.7 Å². The Morgan fingerprint density at radius 1 is 1.50 bits per heavy atom. The zero-order valence-electron chi connectivity index (χ0n) is 10.9. The molecule has 4 heteroatoms. The van der Waals surface area contributed by atoms with Crippen molar-refractivity contribution in [1.82, 2.24) is 5.32 Å². The fourth-order valence-electron chi connectivity index (χ4n) is 2.55. The maximum absolute atomic E-state index is 13.8. The summed E-state index contributed by atoms with van der Waals surface area (Å²) in [5, 5.41) is 3.49. The first-order chi connectivity index (χ1) is 8.63. The highest BCUT2D eigenvalue weighted by Crippen LogP contribution is 2.34. The van der Waals surface area contributed by atoms with Crippen molar-refractivity contribution in [3.8, 4) is 5.75 Å². The quantitative estimate of drug-likeness (QED) is 0.920. The van der Waals surface area contributed by atoms with E-state index in [1.54, 1.807) is 7.11 Å². The van der Waals surface area contributed by atoms with Crippen molar-refractivity contribution in [3.63, 3.8) is 0 Å². The van der Waals surface area contributed by atoms with Crippen molar-refractivity contribution in [3.05, 3.63) is 27.5 Å². The minimum atomic E-state index is -0.173. The van der Waals surface area contributed by atoms with Crippen molar-refractivity contribution >= 4 is 15.9 Å². The molecule has 0 aliphatic carbocycles. The molecule has 1 aliphatic heterocycles. The van der Waals surface area contributed by atoms with Crippen molar-refractivity contribution in [2.45, 2.75) is 38.6 Å². The molecule has 0 aromatic heterocycles. The minimum Gasteiger partial charge on any atom is -0.495 e. The third-order valence-corrected chi connectivity index (χ3v) is 4.21. The summed E-state index contributed by atoms with van der Waals surface area (Å²) in [7, 11) is 1.63. The lowest BCUT2D eigenvalue weighted by molar-refractivity contribution is 0.378. The van der Waals surface area contributed by atoms with Gasteiger partial charge in [-0.05, 0) is 60.3 Å². The smallest absolute Gasteiger partial charge is 0.136 e. The number of halogens is 2. The molecule has 1 fully saturated rings. The first-order valence-electron chi connectivity index (χ1n) is 6.38. The average Bonchev–Trinajstić information content (AvgIpc) is 2.37. The van der Waals surface area contributed by atoms with Crippen LogP contribution in [0.3, 0.4) is 0 Å². The van der Waals surface area contributed by atoms with Gasteiger partial charge in [-0.25, -0.2) is 4.39 Å². The molecule has 2 rings (SSSR count). The number of hydrogen-bond donors (Lipinski definition) is 1. The number of nitrogens with one attached hydrogen (secondary N) is 1. The minimum absolute atomic E-state index is 0.173. The monoisotopic (exact) mass is 315 g/mol. The number of rotatable bonds is 3. The third kappa shape index (κ3) is 2.86. The Kier molecular flexibility index (Phi) is 4.62. The zero-order chi connectivity index (χ0) is 13.1. The van der Waals surface area contributed by atoms with Crippen LogP contribution in [0.2, 0.25) is 0 Å². The number of hydrogen-bond acceptors (Lipinski definition) is 2. The van der Waals surface area contributed by atoms with Gasteiger partial charge < -0.3 is 10.1 Å². The summed E-state index contributed by atoms with van der Waals surface area (Å²) in [5.41, 5.74) is 1.67. The van der Waals surface area contributed by atoms with E-state index in [-0.39, 0.29) is 5.82 Å². The molecule has 0 amide bonds. The van der Waals surface area contributed by atoms with Crippen LogP contribution in [0.5, 0.6) is 5.75 Å². The fourth-order valence-corrected chi connectivity index (χ4v) is 3.16. The molecule has 0 spiro atoms. The van der Waals surface area contributed by atoms with Crippen molar-refractivity contribution in [2.24, 2.45) is 0 Å². The molecule has 1 N–H and O–H groups in total. The molecule has 0 bridgehead atoms. The van der Waals surface area contributed by atoms with Crippen LogP contribution in [-0.2, 0) is 6.42 Å². The number of benzene rings is 1. The Bertz CT molecular complexity index is 430. The predicted octanol–water partition coefficient (Wildman–Crippen LogP) is 3.59. The SMILES string of the molecule is COc1c(Br)cc(F)c(C)c1CC1CCCCN1. The van der Waals surface area contributed by atoms with E-state index in [2.05, 4.69) is 21.2 Å². The summed E-state index contributed by atoms with van der Waals surface area (Å²) in [6, 6.07) is 1.91. The highest BCUT2D eigenvalue weighted by atomic mass is 79.9. The van der Waals surface area contributed by atoms with Gasteiger partial charge in [0, 0.05) is 11.6 Å². The normalized spacial score (nSPS) is 19.9. The van der Waals surface area contributed by atoms with Gasteiger partial charge in [-0.3, -0.25) is 0 Å². The molecule has 1 unspecified atom stereocenters. The lowest BCUT2D eigenvalue weighted by Gasteiger charge is -2.25. The van der Waals surface area contributed by atoms with Gasteiger partial charge in [0.1, 0.15) is 11.6 Å². The van der Waals surface area contributed by atoms with Gasteiger partial charge in [-0.1, -0.05) is 6.42 Å². The highest BCUT2D eigenvalue weighted by Gasteiger charge is 2.20. The van der Waals surface area contributed by atoms with E-state index in [9.17, 15) is 4.39 Å². The van der Waals surface area contributed by atoms with Gasteiger partial charge in [-0.15, -0.1) is 0 Å². The van der Waals surface area contributed by atoms with Crippen LogP contribution in [0.1, 0.15) is 30.4 Å². The molecule has 2 nitrogen and oxygen atoms in total. The van der Waals surface area contributed by atoms with E-state index in [0.717, 1.165) is 30.7 Å². The van der Waals surface area contributed by atoms with Crippen LogP contribution in [-0.4, -0.2) is 19.7 Å². The van der Waals surface area contributed by atoms with Gasteiger partial charge in [-0.2, -0.15) is 0 Å². The molecule has 0 saturated carbocycles. The van der Waals surface area contributed by atoms with Gasteiger partial charge in [0.2, 0.25) is 0 Å². The lowest BCUT2D eigenvalue weighted by atomic mass is 9.94. The summed E-state index contributed by atoms with van der Waals surface area (Å²) < 4.78 is 19.9. The second-order valence-electron chi connectivity index (χ2n) is 4.83. The second kappa shape index (κ2) is 6.02. The summed E-state index contributed by atoms with van der Waals surface area (Å²) in [6.07, 6.45) is 4.46. The topological polar surface area (TPSA) is 21.3 Å². The highest BCUT2D eigenvalue weighted by molar-refractivity contribution is 9.10. The summed E-state index contributed by atoms with van der Waals surface area (Å²) >= 11 is 3.37. The lowest BCUT2D eigenvalue weighted by Crippen LogP contribution is -2.35. The zero-order valence-corrected chi connectivity index (χ0v) is 12.4. The Balaban J connectivity index is 2.29. The molecule has 1 saturated heterocycles. The molecule has 1 aromatic rings. The second-order valence-corrected chi connectivity index (χ2v) is 5.68.